The van der Waals surface area contributed by atoms with Gasteiger partial charge in [0.25, 0.3) is 0 Å². The Morgan fingerprint density at radius 2 is 1.17 bits per heavy atom. The molecule has 1 saturated heterocycles. The van der Waals surface area contributed by atoms with Crippen molar-refractivity contribution < 1.29 is 28.5 Å². The molecule has 0 N–H and O–H groups in total. The largest absolute Gasteiger partial charge is 0.451 e. The number of hydrogen-bond acceptors (Lipinski definition) is 6. The van der Waals surface area contributed by atoms with Crippen molar-refractivity contribution in [2.24, 2.45) is 0 Å². The van der Waals surface area contributed by atoms with Gasteiger partial charge in [-0.05, 0) is 44.0 Å². The van der Waals surface area contributed by atoms with E-state index in [1.807, 2.05) is 66.7 Å². The SMILES string of the molecule is C=C(C)C(=O)O[C@H](c1ccccc1)[C@@H]1OC(C)(C)O[C@H]1[C@H](OC(=O)c1ccccc1)c1ccccc1. The lowest BCUT2D eigenvalue weighted by Gasteiger charge is -2.31. The lowest BCUT2D eigenvalue weighted by atomic mass is 9.93. The molecule has 0 amide bonds. The molecule has 1 aliphatic rings. The van der Waals surface area contributed by atoms with Crippen LogP contribution in [0.2, 0.25) is 0 Å². The highest BCUT2D eigenvalue weighted by molar-refractivity contribution is 5.89. The highest BCUT2D eigenvalue weighted by atomic mass is 16.8. The van der Waals surface area contributed by atoms with Crippen LogP contribution < -0.4 is 0 Å². The molecule has 6 heteroatoms. The smallest absolute Gasteiger partial charge is 0.338 e. The van der Waals surface area contributed by atoms with Crippen LogP contribution >= 0.6 is 0 Å². The van der Waals surface area contributed by atoms with Crippen LogP contribution in [0.3, 0.4) is 0 Å². The van der Waals surface area contributed by atoms with Crippen LogP contribution in [0.1, 0.15) is 54.5 Å². The fourth-order valence-corrected chi connectivity index (χ4v) is 4.19. The molecular formula is C30H30O6. The quantitative estimate of drug-likeness (QED) is 0.289. The average Bonchev–Trinajstić information content (AvgIpc) is 3.21. The molecule has 0 saturated carbocycles. The van der Waals surface area contributed by atoms with Crippen LogP contribution in [0.25, 0.3) is 0 Å². The van der Waals surface area contributed by atoms with Crippen molar-refractivity contribution in [3.63, 3.8) is 0 Å². The van der Waals surface area contributed by atoms with E-state index in [-0.39, 0.29) is 5.57 Å². The molecule has 36 heavy (non-hydrogen) atoms. The minimum Gasteiger partial charge on any atom is -0.451 e. The average molecular weight is 487 g/mol. The minimum atomic E-state index is -1.02. The molecule has 3 aromatic carbocycles. The fourth-order valence-electron chi connectivity index (χ4n) is 4.19. The van der Waals surface area contributed by atoms with Crippen molar-refractivity contribution in [2.75, 3.05) is 0 Å². The highest BCUT2D eigenvalue weighted by Gasteiger charge is 2.52. The summed E-state index contributed by atoms with van der Waals surface area (Å²) in [5.41, 5.74) is 2.14. The van der Waals surface area contributed by atoms with Crippen LogP contribution in [0, 0.1) is 0 Å². The lowest BCUT2D eigenvalue weighted by Crippen LogP contribution is -2.38. The Bertz CT molecular complexity index is 1190. The van der Waals surface area contributed by atoms with Crippen molar-refractivity contribution in [3.8, 4) is 0 Å². The summed E-state index contributed by atoms with van der Waals surface area (Å²) in [4.78, 5) is 25.8. The molecule has 1 heterocycles. The summed E-state index contributed by atoms with van der Waals surface area (Å²) in [5, 5.41) is 0. The molecule has 0 bridgehead atoms. The number of ether oxygens (including phenoxy) is 4. The van der Waals surface area contributed by atoms with E-state index in [4.69, 9.17) is 18.9 Å². The number of benzene rings is 3. The predicted octanol–water partition coefficient (Wildman–Crippen LogP) is 5.97. The van der Waals surface area contributed by atoms with Crippen LogP contribution in [0.5, 0.6) is 0 Å². The number of rotatable bonds is 8. The third-order valence-electron chi connectivity index (χ3n) is 5.84. The highest BCUT2D eigenvalue weighted by Crippen LogP contribution is 2.43. The van der Waals surface area contributed by atoms with Gasteiger partial charge in [0, 0.05) is 5.57 Å². The molecule has 0 aromatic heterocycles. The number of hydrogen-bond donors (Lipinski definition) is 0. The lowest BCUT2D eigenvalue weighted by molar-refractivity contribution is -0.170. The van der Waals surface area contributed by atoms with E-state index in [1.54, 1.807) is 45.0 Å². The standard InChI is InChI=1S/C30H30O6/c1-20(2)28(31)33-24(21-14-8-5-9-15-21)26-27(36-30(3,4)35-26)25(22-16-10-6-11-17-22)34-29(32)23-18-12-7-13-19-23/h5-19,24-27H,1H2,2-4H3/t24-,25-,26+,27+/m1/s1. The van der Waals surface area contributed by atoms with Gasteiger partial charge in [-0.15, -0.1) is 0 Å². The third kappa shape index (κ3) is 5.90. The zero-order valence-corrected chi connectivity index (χ0v) is 20.6. The molecule has 0 radical (unpaired) electrons. The van der Waals surface area contributed by atoms with E-state index < -0.39 is 42.1 Å². The number of carbonyl (C=O) groups excluding carboxylic acids is 2. The maximum Gasteiger partial charge on any atom is 0.338 e. The van der Waals surface area contributed by atoms with E-state index in [2.05, 4.69) is 6.58 Å². The van der Waals surface area contributed by atoms with Gasteiger partial charge in [0.05, 0.1) is 5.56 Å². The fraction of sp³-hybridized carbons (Fsp3) is 0.267. The van der Waals surface area contributed by atoms with Crippen LogP contribution in [-0.4, -0.2) is 29.9 Å². The summed E-state index contributed by atoms with van der Waals surface area (Å²) < 4.78 is 24.6. The molecule has 4 rings (SSSR count). The van der Waals surface area contributed by atoms with Crippen LogP contribution in [-0.2, 0) is 23.7 Å². The van der Waals surface area contributed by atoms with Gasteiger partial charge in [0.2, 0.25) is 0 Å². The Balaban J connectivity index is 1.76. The van der Waals surface area contributed by atoms with Gasteiger partial charge < -0.3 is 18.9 Å². The minimum absolute atomic E-state index is 0.265. The molecule has 0 aliphatic carbocycles. The zero-order chi connectivity index (χ0) is 25.7. The summed E-state index contributed by atoms with van der Waals surface area (Å²) in [6.07, 6.45) is -3.22. The van der Waals surface area contributed by atoms with Gasteiger partial charge in [-0.25, -0.2) is 9.59 Å². The second-order valence-corrected chi connectivity index (χ2v) is 9.18. The molecule has 0 spiro atoms. The van der Waals surface area contributed by atoms with Crippen molar-refractivity contribution >= 4 is 11.9 Å². The molecule has 1 fully saturated rings. The van der Waals surface area contributed by atoms with Gasteiger partial charge in [0.1, 0.15) is 12.2 Å². The first-order valence-electron chi connectivity index (χ1n) is 11.8. The van der Waals surface area contributed by atoms with Gasteiger partial charge in [0.15, 0.2) is 18.0 Å². The van der Waals surface area contributed by atoms with Crippen molar-refractivity contribution in [2.45, 2.75) is 51.0 Å². The van der Waals surface area contributed by atoms with Crippen LogP contribution in [0.15, 0.2) is 103 Å². The first kappa shape index (κ1) is 25.4. The Labute approximate surface area is 211 Å². The molecule has 1 aliphatic heterocycles. The van der Waals surface area contributed by atoms with E-state index in [0.29, 0.717) is 5.56 Å². The van der Waals surface area contributed by atoms with Crippen LogP contribution in [0.4, 0.5) is 0 Å². The van der Waals surface area contributed by atoms with E-state index in [0.717, 1.165) is 11.1 Å². The Morgan fingerprint density at radius 1 is 0.750 bits per heavy atom. The van der Waals surface area contributed by atoms with Gasteiger partial charge >= 0.3 is 11.9 Å². The second-order valence-electron chi connectivity index (χ2n) is 9.18. The number of carbonyl (C=O) groups is 2. The molecule has 6 nitrogen and oxygen atoms in total. The van der Waals surface area contributed by atoms with Gasteiger partial charge in [-0.3, -0.25) is 0 Å². The second kappa shape index (κ2) is 10.9. The van der Waals surface area contributed by atoms with Crippen molar-refractivity contribution in [3.05, 3.63) is 120 Å². The topological polar surface area (TPSA) is 71.1 Å². The zero-order valence-electron chi connectivity index (χ0n) is 20.6. The van der Waals surface area contributed by atoms with Gasteiger partial charge in [-0.2, -0.15) is 0 Å². The Morgan fingerprint density at radius 3 is 1.61 bits per heavy atom. The summed E-state index contributed by atoms with van der Waals surface area (Å²) in [5.74, 6) is -2.07. The number of esters is 2. The molecular weight excluding hydrogens is 456 g/mol. The maximum atomic E-state index is 13.1. The monoisotopic (exact) mass is 486 g/mol. The van der Waals surface area contributed by atoms with E-state index >= 15 is 0 Å². The summed E-state index contributed by atoms with van der Waals surface area (Å²) in [7, 11) is 0. The molecule has 186 valence electrons. The maximum absolute atomic E-state index is 13.1. The van der Waals surface area contributed by atoms with Crippen molar-refractivity contribution in [1.29, 1.82) is 0 Å². The third-order valence-corrected chi connectivity index (χ3v) is 5.84. The summed E-state index contributed by atoms with van der Waals surface area (Å²) >= 11 is 0. The normalized spacial score (nSPS) is 20.2. The van der Waals surface area contributed by atoms with Crippen molar-refractivity contribution in [1.82, 2.24) is 0 Å². The Kier molecular flexibility index (Phi) is 7.67. The molecule has 3 aromatic rings. The summed E-state index contributed by atoms with van der Waals surface area (Å²) in [6, 6.07) is 27.4. The molecule has 4 atom stereocenters. The first-order chi connectivity index (χ1) is 17.2. The first-order valence-corrected chi connectivity index (χ1v) is 11.8. The summed E-state index contributed by atoms with van der Waals surface area (Å²) in [6.45, 7) is 8.87. The Hall–Kier alpha value is -3.74. The predicted molar refractivity (Wildman–Crippen MR) is 135 cm³/mol. The molecule has 0 unspecified atom stereocenters. The van der Waals surface area contributed by atoms with E-state index in [1.165, 1.54) is 0 Å². The van der Waals surface area contributed by atoms with E-state index in [9.17, 15) is 9.59 Å². The van der Waals surface area contributed by atoms with Gasteiger partial charge in [-0.1, -0.05) is 85.4 Å².